The number of carbonyl (C=O) groups excluding carboxylic acids is 2. The van der Waals surface area contributed by atoms with Crippen LogP contribution in [0.25, 0.3) is 0 Å². The summed E-state index contributed by atoms with van der Waals surface area (Å²) in [6.45, 7) is 0. The molecule has 0 spiro atoms. The Bertz CT molecular complexity index is 212. The second-order valence-corrected chi connectivity index (χ2v) is 3.41. The zero-order valence-electron chi connectivity index (χ0n) is 6.30. The van der Waals surface area contributed by atoms with Crippen molar-refractivity contribution in [2.45, 2.75) is 31.7 Å². The number of Topliss-reactive ketones (excluding diaryl/α,β-unsaturated/α-hetero) is 1. The molecule has 60 valence electrons. The summed E-state index contributed by atoms with van der Waals surface area (Å²) in [6, 6.07) is 0.291. The lowest BCUT2D eigenvalue weighted by molar-refractivity contribution is -0.135. The summed E-state index contributed by atoms with van der Waals surface area (Å²) in [5, 5.41) is 2.88. The molecule has 2 atom stereocenters. The largest absolute Gasteiger partial charge is 0.353 e. The molecule has 0 radical (unpaired) electrons. The van der Waals surface area contributed by atoms with Gasteiger partial charge >= 0.3 is 0 Å². The Labute approximate surface area is 65.2 Å². The third-order valence-electron chi connectivity index (χ3n) is 2.56. The van der Waals surface area contributed by atoms with E-state index in [2.05, 4.69) is 5.32 Å². The summed E-state index contributed by atoms with van der Waals surface area (Å²) in [5.74, 6) is 0.387. The van der Waals surface area contributed by atoms with Crippen molar-refractivity contribution < 1.29 is 9.59 Å². The summed E-state index contributed by atoms with van der Waals surface area (Å²) in [7, 11) is 0. The molecular weight excluding hydrogens is 142 g/mol. The standard InChI is InChI=1S/C8H11NO2/c10-7-2-1-6-3-5(7)4-8(11)9-6/h5-6H,1-4H2,(H,9,11). The van der Waals surface area contributed by atoms with Crippen molar-refractivity contribution in [3.8, 4) is 0 Å². The molecule has 1 saturated carbocycles. The number of carbonyl (C=O) groups is 2. The summed E-state index contributed by atoms with van der Waals surface area (Å²) in [5.41, 5.74) is 0. The van der Waals surface area contributed by atoms with Crippen LogP contribution in [0.3, 0.4) is 0 Å². The van der Waals surface area contributed by atoms with Crippen LogP contribution in [0.5, 0.6) is 0 Å². The smallest absolute Gasteiger partial charge is 0.220 e. The molecule has 0 aromatic heterocycles. The van der Waals surface area contributed by atoms with Gasteiger partial charge in [0.25, 0.3) is 0 Å². The van der Waals surface area contributed by atoms with Gasteiger partial charge in [-0.25, -0.2) is 0 Å². The van der Waals surface area contributed by atoms with Gasteiger partial charge < -0.3 is 5.32 Å². The van der Waals surface area contributed by atoms with E-state index >= 15 is 0 Å². The van der Waals surface area contributed by atoms with E-state index in [0.29, 0.717) is 18.9 Å². The number of fused-ring (bicyclic) bond motifs is 2. The van der Waals surface area contributed by atoms with Gasteiger partial charge in [0, 0.05) is 24.8 Å². The van der Waals surface area contributed by atoms with Gasteiger partial charge in [-0.1, -0.05) is 0 Å². The molecule has 1 saturated heterocycles. The zero-order valence-corrected chi connectivity index (χ0v) is 6.30. The van der Waals surface area contributed by atoms with Gasteiger partial charge in [0.1, 0.15) is 5.78 Å². The Morgan fingerprint density at radius 1 is 1.36 bits per heavy atom. The number of ketones is 1. The summed E-state index contributed by atoms with van der Waals surface area (Å²) < 4.78 is 0. The molecule has 2 unspecified atom stereocenters. The number of nitrogens with one attached hydrogen (secondary N) is 1. The van der Waals surface area contributed by atoms with Gasteiger partial charge in [-0.2, -0.15) is 0 Å². The lowest BCUT2D eigenvalue weighted by atomic mass is 9.80. The average molecular weight is 153 g/mol. The van der Waals surface area contributed by atoms with Crippen LogP contribution >= 0.6 is 0 Å². The molecule has 11 heavy (non-hydrogen) atoms. The van der Waals surface area contributed by atoms with E-state index in [1.807, 2.05) is 0 Å². The van der Waals surface area contributed by atoms with Gasteiger partial charge in [-0.3, -0.25) is 9.59 Å². The van der Waals surface area contributed by atoms with Crippen LogP contribution in [0.2, 0.25) is 0 Å². The van der Waals surface area contributed by atoms with Crippen molar-refractivity contribution in [3.05, 3.63) is 0 Å². The Kier molecular flexibility index (Phi) is 1.44. The molecule has 1 heterocycles. The maximum Gasteiger partial charge on any atom is 0.220 e. The number of hydrogen-bond acceptors (Lipinski definition) is 2. The highest BCUT2D eigenvalue weighted by Crippen LogP contribution is 2.27. The van der Waals surface area contributed by atoms with E-state index in [1.165, 1.54) is 0 Å². The van der Waals surface area contributed by atoms with Crippen molar-refractivity contribution in [2.75, 3.05) is 0 Å². The van der Waals surface area contributed by atoms with E-state index in [4.69, 9.17) is 0 Å². The quantitative estimate of drug-likeness (QED) is 0.542. The zero-order chi connectivity index (χ0) is 7.84. The van der Waals surface area contributed by atoms with Crippen LogP contribution in [-0.2, 0) is 9.59 Å². The summed E-state index contributed by atoms with van der Waals surface area (Å²) in [4.78, 5) is 22.1. The van der Waals surface area contributed by atoms with Crippen LogP contribution in [0.15, 0.2) is 0 Å². The van der Waals surface area contributed by atoms with Crippen molar-refractivity contribution in [2.24, 2.45) is 5.92 Å². The number of hydrogen-bond donors (Lipinski definition) is 1. The van der Waals surface area contributed by atoms with E-state index in [-0.39, 0.29) is 17.6 Å². The third-order valence-corrected chi connectivity index (χ3v) is 2.56. The minimum atomic E-state index is 0.0440. The van der Waals surface area contributed by atoms with E-state index in [0.717, 1.165) is 12.8 Å². The molecule has 1 aliphatic carbocycles. The molecule has 2 bridgehead atoms. The molecule has 2 fully saturated rings. The van der Waals surface area contributed by atoms with Gasteiger partial charge in [-0.05, 0) is 12.8 Å². The Morgan fingerprint density at radius 2 is 2.18 bits per heavy atom. The predicted molar refractivity (Wildman–Crippen MR) is 38.9 cm³/mol. The van der Waals surface area contributed by atoms with Gasteiger partial charge in [0.2, 0.25) is 5.91 Å². The molecule has 1 amide bonds. The normalized spacial score (nSPS) is 36.7. The molecule has 3 nitrogen and oxygen atoms in total. The molecule has 0 aromatic carbocycles. The highest BCUT2D eigenvalue weighted by atomic mass is 16.2. The average Bonchev–Trinajstić information content (AvgIpc) is 1.97. The Hall–Kier alpha value is -0.860. The monoisotopic (exact) mass is 153 g/mol. The number of piperidine rings is 1. The first-order chi connectivity index (χ1) is 5.25. The minimum Gasteiger partial charge on any atom is -0.353 e. The summed E-state index contributed by atoms with van der Waals surface area (Å²) >= 11 is 0. The molecule has 1 N–H and O–H groups in total. The first-order valence-corrected chi connectivity index (χ1v) is 4.08. The first-order valence-electron chi connectivity index (χ1n) is 4.08. The van der Waals surface area contributed by atoms with Gasteiger partial charge in [0.05, 0.1) is 0 Å². The first kappa shape index (κ1) is 6.83. The van der Waals surface area contributed by atoms with Crippen LogP contribution in [0.4, 0.5) is 0 Å². The van der Waals surface area contributed by atoms with Crippen LogP contribution in [0.1, 0.15) is 25.7 Å². The van der Waals surface area contributed by atoms with Gasteiger partial charge in [-0.15, -0.1) is 0 Å². The van der Waals surface area contributed by atoms with E-state index < -0.39 is 0 Å². The van der Waals surface area contributed by atoms with Crippen LogP contribution in [0, 0.1) is 5.92 Å². The van der Waals surface area contributed by atoms with Crippen LogP contribution < -0.4 is 5.32 Å². The molecular formula is C8H11NO2. The molecule has 2 rings (SSSR count). The third kappa shape index (κ3) is 1.15. The van der Waals surface area contributed by atoms with Gasteiger partial charge in [0.15, 0.2) is 0 Å². The lowest BCUT2D eigenvalue weighted by Gasteiger charge is -2.33. The maximum absolute atomic E-state index is 11.2. The molecule has 1 aliphatic heterocycles. The van der Waals surface area contributed by atoms with Crippen molar-refractivity contribution in [3.63, 3.8) is 0 Å². The van der Waals surface area contributed by atoms with E-state index in [9.17, 15) is 9.59 Å². The van der Waals surface area contributed by atoms with Crippen LogP contribution in [-0.4, -0.2) is 17.7 Å². The summed E-state index contributed by atoms with van der Waals surface area (Å²) in [6.07, 6.45) is 2.82. The minimum absolute atomic E-state index is 0.0440. The SMILES string of the molecule is O=C1CC2CC(CCC2=O)N1. The van der Waals surface area contributed by atoms with Crippen molar-refractivity contribution in [1.29, 1.82) is 0 Å². The number of rotatable bonds is 0. The second-order valence-electron chi connectivity index (χ2n) is 3.41. The molecule has 0 aromatic rings. The van der Waals surface area contributed by atoms with E-state index in [1.54, 1.807) is 0 Å². The highest BCUT2D eigenvalue weighted by molar-refractivity contribution is 5.89. The topological polar surface area (TPSA) is 46.2 Å². The fourth-order valence-electron chi connectivity index (χ4n) is 1.95. The lowest BCUT2D eigenvalue weighted by Crippen LogP contribution is -2.47. The molecule has 3 heteroatoms. The fourth-order valence-corrected chi connectivity index (χ4v) is 1.95. The maximum atomic E-state index is 11.2. The van der Waals surface area contributed by atoms with Crippen molar-refractivity contribution in [1.82, 2.24) is 5.32 Å². The fraction of sp³-hybridized carbons (Fsp3) is 0.750. The number of amides is 1. The predicted octanol–water partition coefficient (Wildman–Crippen LogP) is 0.244. The highest BCUT2D eigenvalue weighted by Gasteiger charge is 2.34. The molecule has 2 aliphatic rings. The Balaban J connectivity index is 2.14. The second kappa shape index (κ2) is 2.32. The Morgan fingerprint density at radius 3 is 3.00 bits per heavy atom. The van der Waals surface area contributed by atoms with Crippen molar-refractivity contribution >= 4 is 11.7 Å².